The van der Waals surface area contributed by atoms with Crippen molar-refractivity contribution in [1.29, 1.82) is 0 Å². The zero-order valence-corrected chi connectivity index (χ0v) is 13.4. The van der Waals surface area contributed by atoms with Gasteiger partial charge in [0.15, 0.2) is 5.96 Å². The maximum Gasteiger partial charge on any atom is 0.191 e. The van der Waals surface area contributed by atoms with Crippen molar-refractivity contribution in [3.63, 3.8) is 0 Å². The molecule has 0 unspecified atom stereocenters. The molecule has 0 saturated heterocycles. The van der Waals surface area contributed by atoms with Gasteiger partial charge in [-0.2, -0.15) is 0 Å². The first-order valence-electron chi connectivity index (χ1n) is 7.52. The van der Waals surface area contributed by atoms with Crippen LogP contribution in [0.5, 0.6) is 0 Å². The first-order valence-corrected chi connectivity index (χ1v) is 7.52. The van der Waals surface area contributed by atoms with E-state index in [1.54, 1.807) is 7.05 Å². The number of nitrogens with one attached hydrogen (secondary N) is 2. The van der Waals surface area contributed by atoms with Gasteiger partial charge in [0.05, 0.1) is 0 Å². The Morgan fingerprint density at radius 2 is 1.74 bits per heavy atom. The van der Waals surface area contributed by atoms with E-state index in [1.165, 1.54) is 23.3 Å². The van der Waals surface area contributed by atoms with Crippen LogP contribution in [0.15, 0.2) is 47.5 Å². The van der Waals surface area contributed by atoms with Crippen molar-refractivity contribution >= 4 is 5.96 Å². The molecule has 2 aromatic carbocycles. The van der Waals surface area contributed by atoms with E-state index in [0.717, 1.165) is 6.07 Å². The van der Waals surface area contributed by atoms with Gasteiger partial charge in [0, 0.05) is 26.2 Å². The van der Waals surface area contributed by atoms with Crippen molar-refractivity contribution in [2.45, 2.75) is 19.9 Å². The fourth-order valence-electron chi connectivity index (χ4n) is 2.29. The molecule has 0 amide bonds. The summed E-state index contributed by atoms with van der Waals surface area (Å²) in [6, 6.07) is 11.7. The summed E-state index contributed by atoms with van der Waals surface area (Å²) < 4.78 is 26.3. The molecule has 2 rings (SSSR count). The van der Waals surface area contributed by atoms with E-state index in [9.17, 15) is 8.78 Å². The highest BCUT2D eigenvalue weighted by molar-refractivity contribution is 5.79. The fourth-order valence-corrected chi connectivity index (χ4v) is 2.29. The average Bonchev–Trinajstić information content (AvgIpc) is 2.51. The molecule has 0 aliphatic carbocycles. The molecule has 0 aromatic heterocycles. The lowest BCUT2D eigenvalue weighted by Crippen LogP contribution is -2.38. The van der Waals surface area contributed by atoms with Crippen LogP contribution in [0.4, 0.5) is 8.78 Å². The molecule has 0 aliphatic rings. The normalized spacial score (nSPS) is 11.4. The van der Waals surface area contributed by atoms with E-state index in [2.05, 4.69) is 34.7 Å². The van der Waals surface area contributed by atoms with Gasteiger partial charge in [-0.1, -0.05) is 24.3 Å². The van der Waals surface area contributed by atoms with Crippen LogP contribution < -0.4 is 10.6 Å². The molecule has 0 spiro atoms. The summed E-state index contributed by atoms with van der Waals surface area (Å²) in [5.41, 5.74) is 3.03. The number of hydrogen-bond donors (Lipinski definition) is 2. The van der Waals surface area contributed by atoms with Crippen LogP contribution >= 0.6 is 0 Å². The van der Waals surface area contributed by atoms with Gasteiger partial charge < -0.3 is 10.6 Å². The number of rotatable bonds is 5. The lowest BCUT2D eigenvalue weighted by Gasteiger charge is -2.13. The summed E-state index contributed by atoms with van der Waals surface area (Å²) in [4.78, 5) is 4.15. The monoisotopic (exact) mass is 317 g/mol. The number of benzene rings is 2. The fraction of sp³-hybridized carbons (Fsp3) is 0.278. The van der Waals surface area contributed by atoms with Gasteiger partial charge >= 0.3 is 0 Å². The van der Waals surface area contributed by atoms with Gasteiger partial charge in [0.25, 0.3) is 0 Å². The van der Waals surface area contributed by atoms with E-state index in [4.69, 9.17) is 0 Å². The van der Waals surface area contributed by atoms with Crippen molar-refractivity contribution < 1.29 is 8.78 Å². The molecule has 122 valence electrons. The average molecular weight is 317 g/mol. The molecule has 2 aromatic rings. The Labute approximate surface area is 135 Å². The van der Waals surface area contributed by atoms with Crippen molar-refractivity contribution in [1.82, 2.24) is 10.6 Å². The summed E-state index contributed by atoms with van der Waals surface area (Å²) >= 11 is 0. The maximum absolute atomic E-state index is 13.1. The summed E-state index contributed by atoms with van der Waals surface area (Å²) in [7, 11) is 1.69. The molecule has 0 aliphatic heterocycles. The van der Waals surface area contributed by atoms with Crippen LogP contribution in [-0.2, 0) is 13.0 Å². The maximum atomic E-state index is 13.1. The molecule has 0 saturated carbocycles. The molecule has 0 radical (unpaired) electrons. The molecular formula is C18H21F2N3. The Balaban J connectivity index is 1.82. The first-order chi connectivity index (χ1) is 11.1. The highest BCUT2D eigenvalue weighted by Crippen LogP contribution is 2.08. The molecular weight excluding hydrogens is 296 g/mol. The van der Waals surface area contributed by atoms with Crippen LogP contribution in [0.25, 0.3) is 0 Å². The summed E-state index contributed by atoms with van der Waals surface area (Å²) in [6.45, 7) is 3.27. The highest BCUT2D eigenvalue weighted by Gasteiger charge is 2.03. The second kappa shape index (κ2) is 8.27. The zero-order valence-electron chi connectivity index (χ0n) is 13.4. The lowest BCUT2D eigenvalue weighted by atomic mass is 10.1. The second-order valence-corrected chi connectivity index (χ2v) is 5.31. The SMILES string of the molecule is CN=C(NCCc1cc(F)cc(F)c1)NCc1ccccc1C. The minimum atomic E-state index is -0.554. The Morgan fingerprint density at radius 1 is 1.04 bits per heavy atom. The van der Waals surface area contributed by atoms with Gasteiger partial charge in [-0.05, 0) is 42.2 Å². The van der Waals surface area contributed by atoms with Gasteiger partial charge in [-0.3, -0.25) is 4.99 Å². The Bertz CT molecular complexity index is 663. The number of nitrogens with zero attached hydrogens (tertiary/aromatic N) is 1. The molecule has 0 atom stereocenters. The third-order valence-corrected chi connectivity index (χ3v) is 3.56. The van der Waals surface area contributed by atoms with Gasteiger partial charge in [-0.25, -0.2) is 8.78 Å². The van der Waals surface area contributed by atoms with E-state index < -0.39 is 11.6 Å². The Morgan fingerprint density at radius 3 is 2.39 bits per heavy atom. The summed E-state index contributed by atoms with van der Waals surface area (Å²) in [5.74, 6) is -0.450. The number of guanidine groups is 1. The molecule has 5 heteroatoms. The first kappa shape index (κ1) is 16.9. The smallest absolute Gasteiger partial charge is 0.191 e. The lowest BCUT2D eigenvalue weighted by molar-refractivity contribution is 0.579. The number of aliphatic imine (C=N–C) groups is 1. The van der Waals surface area contributed by atoms with Gasteiger partial charge in [0.2, 0.25) is 0 Å². The van der Waals surface area contributed by atoms with Crippen LogP contribution in [0, 0.1) is 18.6 Å². The van der Waals surface area contributed by atoms with E-state index in [-0.39, 0.29) is 0 Å². The van der Waals surface area contributed by atoms with Crippen molar-refractivity contribution in [2.24, 2.45) is 4.99 Å². The number of aryl methyl sites for hydroxylation is 1. The molecule has 2 N–H and O–H groups in total. The topological polar surface area (TPSA) is 36.4 Å². The van der Waals surface area contributed by atoms with Crippen LogP contribution in [0.1, 0.15) is 16.7 Å². The predicted molar refractivity (Wildman–Crippen MR) is 89.4 cm³/mol. The summed E-state index contributed by atoms with van der Waals surface area (Å²) in [6.07, 6.45) is 0.514. The molecule has 0 heterocycles. The predicted octanol–water partition coefficient (Wildman–Crippen LogP) is 3.18. The highest BCUT2D eigenvalue weighted by atomic mass is 19.1. The largest absolute Gasteiger partial charge is 0.356 e. The molecule has 0 fully saturated rings. The minimum absolute atomic E-state index is 0.514. The third-order valence-electron chi connectivity index (χ3n) is 3.56. The van der Waals surface area contributed by atoms with Crippen LogP contribution in [0.3, 0.4) is 0 Å². The number of hydrogen-bond acceptors (Lipinski definition) is 1. The standard InChI is InChI=1S/C18H21F2N3/c1-13-5-3-4-6-15(13)12-23-18(21-2)22-8-7-14-9-16(19)11-17(20)10-14/h3-6,9-11H,7-8,12H2,1-2H3,(H2,21,22,23). The summed E-state index contributed by atoms with van der Waals surface area (Å²) in [5, 5.41) is 6.37. The van der Waals surface area contributed by atoms with Crippen LogP contribution in [0.2, 0.25) is 0 Å². The molecule has 3 nitrogen and oxygen atoms in total. The van der Waals surface area contributed by atoms with E-state index >= 15 is 0 Å². The van der Waals surface area contributed by atoms with Gasteiger partial charge in [0.1, 0.15) is 11.6 Å². The Hall–Kier alpha value is -2.43. The molecule has 0 bridgehead atoms. The molecule has 23 heavy (non-hydrogen) atoms. The second-order valence-electron chi connectivity index (χ2n) is 5.31. The minimum Gasteiger partial charge on any atom is -0.356 e. The van der Waals surface area contributed by atoms with Crippen molar-refractivity contribution in [3.05, 3.63) is 70.8 Å². The third kappa shape index (κ3) is 5.36. The van der Waals surface area contributed by atoms with Gasteiger partial charge in [-0.15, -0.1) is 0 Å². The van der Waals surface area contributed by atoms with E-state index in [0.29, 0.717) is 31.0 Å². The number of halogens is 2. The van der Waals surface area contributed by atoms with E-state index in [1.807, 2.05) is 12.1 Å². The quantitative estimate of drug-likeness (QED) is 0.656. The van der Waals surface area contributed by atoms with Crippen molar-refractivity contribution in [3.8, 4) is 0 Å². The zero-order chi connectivity index (χ0) is 16.7. The van der Waals surface area contributed by atoms with Crippen molar-refractivity contribution in [2.75, 3.05) is 13.6 Å². The van der Waals surface area contributed by atoms with Crippen LogP contribution in [-0.4, -0.2) is 19.6 Å². The Kier molecular flexibility index (Phi) is 6.09.